The molecule has 1 aliphatic rings. The van der Waals surface area contributed by atoms with Gasteiger partial charge in [0.15, 0.2) is 6.61 Å². The van der Waals surface area contributed by atoms with Crippen molar-refractivity contribution in [2.45, 2.75) is 64.6 Å². The highest BCUT2D eigenvalue weighted by Gasteiger charge is 2.31. The molecular weight excluding hydrogens is 447 g/mol. The van der Waals surface area contributed by atoms with E-state index in [-0.39, 0.29) is 31.0 Å². The Bertz CT molecular complexity index is 945. The van der Waals surface area contributed by atoms with E-state index in [9.17, 15) is 9.59 Å². The van der Waals surface area contributed by atoms with Gasteiger partial charge in [-0.3, -0.25) is 9.59 Å². The third-order valence-electron chi connectivity index (χ3n) is 5.88. The van der Waals surface area contributed by atoms with Crippen molar-refractivity contribution in [1.82, 2.24) is 10.2 Å². The van der Waals surface area contributed by atoms with Crippen molar-refractivity contribution in [3.8, 4) is 5.75 Å². The molecule has 1 atom stereocenters. The van der Waals surface area contributed by atoms with Crippen molar-refractivity contribution in [1.29, 1.82) is 0 Å². The second-order valence-electron chi connectivity index (χ2n) is 8.23. The molecule has 172 valence electrons. The number of ether oxygens (including phenoxy) is 1. The minimum Gasteiger partial charge on any atom is -0.484 e. The highest BCUT2D eigenvalue weighted by molar-refractivity contribution is 6.31. The minimum atomic E-state index is -0.602. The predicted molar refractivity (Wildman–Crippen MR) is 128 cm³/mol. The molecular formula is C25H30Cl2N2O3. The van der Waals surface area contributed by atoms with E-state index < -0.39 is 6.04 Å². The average Bonchev–Trinajstić information content (AvgIpc) is 3.28. The second-order valence-corrected chi connectivity index (χ2v) is 9.04. The molecule has 0 bridgehead atoms. The highest BCUT2D eigenvalue weighted by Crippen LogP contribution is 2.23. The zero-order valence-electron chi connectivity index (χ0n) is 18.6. The fourth-order valence-electron chi connectivity index (χ4n) is 4.03. The lowest BCUT2D eigenvalue weighted by molar-refractivity contribution is -0.143. The van der Waals surface area contributed by atoms with Gasteiger partial charge in [0.1, 0.15) is 11.8 Å². The smallest absolute Gasteiger partial charge is 0.261 e. The van der Waals surface area contributed by atoms with Gasteiger partial charge < -0.3 is 15.0 Å². The van der Waals surface area contributed by atoms with Crippen LogP contribution in [0.1, 0.15) is 50.2 Å². The summed E-state index contributed by atoms with van der Waals surface area (Å²) < 4.78 is 5.75. The van der Waals surface area contributed by atoms with Crippen LogP contribution in [0, 0.1) is 6.92 Å². The van der Waals surface area contributed by atoms with E-state index in [1.807, 2.05) is 32.0 Å². The standard InChI is InChI=1S/C25H30Cl2N2O3/c1-3-23(25(31)28-19-9-5-6-10-19)29(15-18-8-4-7-11-22(18)27)24(30)16-32-20-12-13-21(26)17(2)14-20/h4,7-8,11-14,19,23H,3,5-6,9-10,15-16H2,1-2H3,(H,28,31)/t23-/m0/s1. The molecule has 1 fully saturated rings. The molecule has 2 aromatic rings. The molecule has 2 amide bonds. The quantitative estimate of drug-likeness (QED) is 0.516. The lowest BCUT2D eigenvalue weighted by atomic mass is 10.1. The number of hydrogen-bond donors (Lipinski definition) is 1. The first-order valence-electron chi connectivity index (χ1n) is 11.1. The van der Waals surface area contributed by atoms with Gasteiger partial charge in [0.2, 0.25) is 5.91 Å². The maximum absolute atomic E-state index is 13.3. The number of nitrogens with one attached hydrogen (secondary N) is 1. The molecule has 32 heavy (non-hydrogen) atoms. The van der Waals surface area contributed by atoms with Crippen LogP contribution >= 0.6 is 23.2 Å². The predicted octanol–water partition coefficient (Wildman–Crippen LogP) is 5.55. The summed E-state index contributed by atoms with van der Waals surface area (Å²) in [5, 5.41) is 4.33. The summed E-state index contributed by atoms with van der Waals surface area (Å²) >= 11 is 12.4. The molecule has 0 heterocycles. The lowest BCUT2D eigenvalue weighted by Gasteiger charge is -2.31. The molecule has 0 unspecified atom stereocenters. The zero-order chi connectivity index (χ0) is 23.1. The first-order valence-corrected chi connectivity index (χ1v) is 11.9. The fraction of sp³-hybridized carbons (Fsp3) is 0.440. The Kier molecular flexibility index (Phi) is 8.83. The van der Waals surface area contributed by atoms with Gasteiger partial charge in [-0.1, -0.05) is 61.2 Å². The summed E-state index contributed by atoms with van der Waals surface area (Å²) in [7, 11) is 0. The zero-order valence-corrected chi connectivity index (χ0v) is 20.1. The summed E-state index contributed by atoms with van der Waals surface area (Å²) in [5.41, 5.74) is 1.66. The maximum Gasteiger partial charge on any atom is 0.261 e. The molecule has 0 spiro atoms. The Morgan fingerprint density at radius 2 is 1.84 bits per heavy atom. The van der Waals surface area contributed by atoms with Crippen molar-refractivity contribution in [2.24, 2.45) is 0 Å². The number of hydrogen-bond acceptors (Lipinski definition) is 3. The van der Waals surface area contributed by atoms with Gasteiger partial charge in [-0.05, 0) is 61.6 Å². The molecule has 1 saturated carbocycles. The van der Waals surface area contributed by atoms with Gasteiger partial charge in [-0.25, -0.2) is 0 Å². The van der Waals surface area contributed by atoms with Crippen molar-refractivity contribution in [3.05, 3.63) is 63.6 Å². The number of nitrogens with zero attached hydrogens (tertiary/aromatic N) is 1. The molecule has 7 heteroatoms. The number of carbonyl (C=O) groups excluding carboxylic acids is 2. The van der Waals surface area contributed by atoms with Crippen molar-refractivity contribution in [2.75, 3.05) is 6.61 Å². The molecule has 1 aliphatic carbocycles. The van der Waals surface area contributed by atoms with Gasteiger partial charge in [-0.15, -0.1) is 0 Å². The number of aryl methyl sites for hydroxylation is 1. The van der Waals surface area contributed by atoms with Crippen LogP contribution in [0.15, 0.2) is 42.5 Å². The van der Waals surface area contributed by atoms with Crippen molar-refractivity contribution < 1.29 is 14.3 Å². The molecule has 1 N–H and O–H groups in total. The summed E-state index contributed by atoms with van der Waals surface area (Å²) in [6.07, 6.45) is 4.71. The third-order valence-corrected chi connectivity index (χ3v) is 6.67. The van der Waals surface area contributed by atoms with Crippen LogP contribution in [0.4, 0.5) is 0 Å². The Hall–Kier alpha value is -2.24. The highest BCUT2D eigenvalue weighted by atomic mass is 35.5. The number of halogens is 2. The SMILES string of the molecule is CC[C@@H](C(=O)NC1CCCC1)N(Cc1ccccc1Cl)C(=O)COc1ccc(Cl)c(C)c1. The normalized spacial score (nSPS) is 14.8. The topological polar surface area (TPSA) is 58.6 Å². The molecule has 0 aliphatic heterocycles. The largest absolute Gasteiger partial charge is 0.484 e. The maximum atomic E-state index is 13.3. The Morgan fingerprint density at radius 3 is 2.50 bits per heavy atom. The Morgan fingerprint density at radius 1 is 1.12 bits per heavy atom. The Labute approximate surface area is 200 Å². The van der Waals surface area contributed by atoms with Crippen LogP contribution in [0.2, 0.25) is 10.0 Å². The second kappa shape index (κ2) is 11.6. The van der Waals surface area contributed by atoms with E-state index in [0.29, 0.717) is 22.2 Å². The summed E-state index contributed by atoms with van der Waals surface area (Å²) in [6, 6.07) is 12.2. The van der Waals surface area contributed by atoms with Gasteiger partial charge in [0.25, 0.3) is 5.91 Å². The van der Waals surface area contributed by atoms with Gasteiger partial charge in [-0.2, -0.15) is 0 Å². The molecule has 0 saturated heterocycles. The van der Waals surface area contributed by atoms with Crippen molar-refractivity contribution >= 4 is 35.0 Å². The van der Waals surface area contributed by atoms with E-state index in [2.05, 4.69) is 5.32 Å². The average molecular weight is 477 g/mol. The van der Waals surface area contributed by atoms with E-state index in [1.54, 1.807) is 29.2 Å². The van der Waals surface area contributed by atoms with E-state index in [0.717, 1.165) is 36.8 Å². The summed E-state index contributed by atoms with van der Waals surface area (Å²) in [4.78, 5) is 28.0. The van der Waals surface area contributed by atoms with Gasteiger partial charge in [0, 0.05) is 22.6 Å². The van der Waals surface area contributed by atoms with Crippen LogP contribution < -0.4 is 10.1 Å². The molecule has 0 aromatic heterocycles. The number of benzene rings is 2. The lowest BCUT2D eigenvalue weighted by Crippen LogP contribution is -2.52. The minimum absolute atomic E-state index is 0.123. The number of amides is 2. The molecule has 2 aromatic carbocycles. The monoisotopic (exact) mass is 476 g/mol. The van der Waals surface area contributed by atoms with E-state index in [4.69, 9.17) is 27.9 Å². The summed E-state index contributed by atoms with van der Waals surface area (Å²) in [5.74, 6) is 0.162. The van der Waals surface area contributed by atoms with Crippen LogP contribution in [-0.2, 0) is 16.1 Å². The number of rotatable bonds is 9. The van der Waals surface area contributed by atoms with Crippen LogP contribution in [0.5, 0.6) is 5.75 Å². The van der Waals surface area contributed by atoms with Gasteiger partial charge >= 0.3 is 0 Å². The molecule has 3 rings (SSSR count). The number of carbonyl (C=O) groups is 2. The first-order chi connectivity index (χ1) is 15.4. The van der Waals surface area contributed by atoms with E-state index >= 15 is 0 Å². The first kappa shape index (κ1) is 24.4. The van der Waals surface area contributed by atoms with Crippen LogP contribution in [-0.4, -0.2) is 35.4 Å². The van der Waals surface area contributed by atoms with Crippen LogP contribution in [0.25, 0.3) is 0 Å². The fourth-order valence-corrected chi connectivity index (χ4v) is 4.35. The Balaban J connectivity index is 1.77. The van der Waals surface area contributed by atoms with Gasteiger partial charge in [0.05, 0.1) is 0 Å². The van der Waals surface area contributed by atoms with E-state index in [1.165, 1.54) is 0 Å². The van der Waals surface area contributed by atoms with Crippen LogP contribution in [0.3, 0.4) is 0 Å². The summed E-state index contributed by atoms with van der Waals surface area (Å²) in [6.45, 7) is 3.84. The third kappa shape index (κ3) is 6.39. The van der Waals surface area contributed by atoms with Crippen molar-refractivity contribution in [3.63, 3.8) is 0 Å². The molecule has 5 nitrogen and oxygen atoms in total. The molecule has 0 radical (unpaired) electrons.